The summed E-state index contributed by atoms with van der Waals surface area (Å²) in [7, 11) is 0. The Kier molecular flexibility index (Phi) is 4.77. The fourth-order valence-corrected chi connectivity index (χ4v) is 3.69. The largest absolute Gasteiger partial charge is 0.371 e. The molecule has 3 aromatic heterocycles. The monoisotopic (exact) mass is 400 g/mol. The number of ether oxygens (including phenoxy) is 1. The van der Waals surface area contributed by atoms with Crippen molar-refractivity contribution in [3.8, 4) is 0 Å². The number of nitrogens with one attached hydrogen (secondary N) is 2. The molecular weight excluding hydrogens is 379 g/mol. The molecule has 0 spiro atoms. The second kappa shape index (κ2) is 7.72. The van der Waals surface area contributed by atoms with Crippen molar-refractivity contribution in [2.45, 2.75) is 13.0 Å². The maximum Gasteiger partial charge on any atom is 0.113 e. The maximum atomic E-state index is 12.6. The first-order chi connectivity index (χ1) is 14.7. The molecule has 5 nitrogen and oxygen atoms in total. The molecule has 5 heterocycles. The molecule has 150 valence electrons. The number of H-pyrrole nitrogens is 2. The van der Waals surface area contributed by atoms with Gasteiger partial charge in [-0.3, -0.25) is 0 Å². The molecule has 0 fully saturated rings. The van der Waals surface area contributed by atoms with Crippen LogP contribution in [0.2, 0.25) is 0 Å². The molecule has 0 aromatic carbocycles. The van der Waals surface area contributed by atoms with Crippen LogP contribution in [0.15, 0.2) is 42.5 Å². The van der Waals surface area contributed by atoms with Crippen molar-refractivity contribution in [2.24, 2.45) is 0 Å². The Balaban J connectivity index is 1.76. The van der Waals surface area contributed by atoms with E-state index >= 15 is 0 Å². The van der Waals surface area contributed by atoms with Gasteiger partial charge in [-0.1, -0.05) is 0 Å². The topological polar surface area (TPSA) is 66.6 Å². The molecule has 6 heteroatoms. The van der Waals surface area contributed by atoms with E-state index in [4.69, 9.17) is 4.74 Å². The number of rotatable bonds is 4. The van der Waals surface area contributed by atoms with Crippen molar-refractivity contribution in [3.63, 3.8) is 0 Å². The Labute approximate surface area is 173 Å². The van der Waals surface area contributed by atoms with Gasteiger partial charge in [0.15, 0.2) is 0 Å². The molecule has 0 aliphatic carbocycles. The molecular formula is C24H21FN4O. The molecule has 3 aromatic rings. The fraction of sp³-hybridized carbons (Fsp3) is 0.167. The van der Waals surface area contributed by atoms with Crippen LogP contribution in [0.3, 0.4) is 0 Å². The highest BCUT2D eigenvalue weighted by Crippen LogP contribution is 2.25. The van der Waals surface area contributed by atoms with E-state index in [-0.39, 0.29) is 12.7 Å². The summed E-state index contributed by atoms with van der Waals surface area (Å²) in [6.45, 7) is 1.50. The minimum atomic E-state index is -0.504. The summed E-state index contributed by atoms with van der Waals surface area (Å²) in [4.78, 5) is 16.2. The zero-order valence-electron chi connectivity index (χ0n) is 16.5. The van der Waals surface area contributed by atoms with Crippen molar-refractivity contribution in [3.05, 3.63) is 70.8 Å². The van der Waals surface area contributed by atoms with Crippen molar-refractivity contribution in [1.82, 2.24) is 19.9 Å². The summed E-state index contributed by atoms with van der Waals surface area (Å²) >= 11 is 0. The highest BCUT2D eigenvalue weighted by molar-refractivity contribution is 5.78. The number of hydrogen-bond donors (Lipinski definition) is 2. The van der Waals surface area contributed by atoms with Gasteiger partial charge in [-0.05, 0) is 73.7 Å². The number of fused-ring (bicyclic) bond motifs is 8. The summed E-state index contributed by atoms with van der Waals surface area (Å²) in [5.74, 6) is 0. The summed E-state index contributed by atoms with van der Waals surface area (Å²) in [5, 5.41) is 0. The van der Waals surface area contributed by atoms with Crippen molar-refractivity contribution in [2.75, 3.05) is 13.3 Å². The van der Waals surface area contributed by atoms with Crippen LogP contribution in [0.1, 0.15) is 41.4 Å². The first kappa shape index (κ1) is 18.5. The minimum absolute atomic E-state index is 0.0723. The third-order valence-corrected chi connectivity index (χ3v) is 5.08. The molecule has 2 aliphatic rings. The van der Waals surface area contributed by atoms with Crippen LogP contribution in [0.4, 0.5) is 4.39 Å². The quantitative estimate of drug-likeness (QED) is 0.406. The van der Waals surface area contributed by atoms with Gasteiger partial charge in [0.2, 0.25) is 0 Å². The number of halogens is 1. The molecule has 1 atom stereocenters. The molecule has 2 aliphatic heterocycles. The number of hydrogen-bond acceptors (Lipinski definition) is 3. The van der Waals surface area contributed by atoms with Crippen molar-refractivity contribution in [1.29, 1.82) is 0 Å². The predicted octanol–water partition coefficient (Wildman–Crippen LogP) is 5.70. The van der Waals surface area contributed by atoms with Crippen LogP contribution >= 0.6 is 0 Å². The Morgan fingerprint density at radius 1 is 0.800 bits per heavy atom. The predicted molar refractivity (Wildman–Crippen MR) is 119 cm³/mol. The van der Waals surface area contributed by atoms with E-state index < -0.39 is 6.67 Å². The molecule has 30 heavy (non-hydrogen) atoms. The van der Waals surface area contributed by atoms with Crippen LogP contribution in [-0.2, 0) is 4.74 Å². The molecule has 0 amide bonds. The van der Waals surface area contributed by atoms with Crippen LogP contribution in [-0.4, -0.2) is 33.2 Å². The van der Waals surface area contributed by atoms with Gasteiger partial charge in [0, 0.05) is 27.6 Å². The average molecular weight is 400 g/mol. The second-order valence-electron chi connectivity index (χ2n) is 7.33. The van der Waals surface area contributed by atoms with Crippen molar-refractivity contribution >= 4 is 46.4 Å². The van der Waals surface area contributed by atoms with Gasteiger partial charge in [-0.15, -0.1) is 0 Å². The van der Waals surface area contributed by atoms with Crippen LogP contribution in [0.25, 0.3) is 46.4 Å². The third-order valence-electron chi connectivity index (χ3n) is 5.08. The minimum Gasteiger partial charge on any atom is -0.371 e. The van der Waals surface area contributed by atoms with Gasteiger partial charge >= 0.3 is 0 Å². The van der Waals surface area contributed by atoms with E-state index in [0.29, 0.717) is 0 Å². The zero-order chi connectivity index (χ0) is 20.5. The van der Waals surface area contributed by atoms with Gasteiger partial charge < -0.3 is 14.7 Å². The van der Waals surface area contributed by atoms with Crippen molar-refractivity contribution < 1.29 is 9.13 Å². The highest BCUT2D eigenvalue weighted by atomic mass is 19.1. The number of aromatic amines is 2. The Hall–Kier alpha value is -3.51. The molecule has 0 radical (unpaired) electrons. The van der Waals surface area contributed by atoms with E-state index in [1.165, 1.54) is 0 Å². The van der Waals surface area contributed by atoms with Gasteiger partial charge in [0.05, 0.1) is 35.5 Å². The Morgan fingerprint density at radius 3 is 2.13 bits per heavy atom. The van der Waals surface area contributed by atoms with Gasteiger partial charge in [0.25, 0.3) is 0 Å². The van der Waals surface area contributed by atoms with Crippen LogP contribution < -0.4 is 0 Å². The fourth-order valence-electron chi connectivity index (χ4n) is 3.69. The average Bonchev–Trinajstić information content (AvgIpc) is 3.51. The summed E-state index contributed by atoms with van der Waals surface area (Å²) in [6.07, 6.45) is 7.67. The lowest BCUT2D eigenvalue weighted by molar-refractivity contribution is 0.0568. The lowest BCUT2D eigenvalue weighted by Gasteiger charge is -2.10. The number of alkyl halides is 1. The van der Waals surface area contributed by atoms with E-state index in [9.17, 15) is 4.39 Å². The third kappa shape index (κ3) is 3.82. The molecule has 0 saturated heterocycles. The van der Waals surface area contributed by atoms with E-state index in [1.54, 1.807) is 0 Å². The second-order valence-corrected chi connectivity index (χ2v) is 7.33. The normalized spacial score (nSPS) is 13.7. The summed E-state index contributed by atoms with van der Waals surface area (Å²) in [6, 6.07) is 14.1. The van der Waals surface area contributed by atoms with E-state index in [1.807, 2.05) is 73.7 Å². The van der Waals surface area contributed by atoms with Crippen LogP contribution in [0.5, 0.6) is 0 Å². The molecule has 2 N–H and O–H groups in total. The first-order valence-electron chi connectivity index (χ1n) is 9.92. The molecule has 5 rings (SSSR count). The summed E-state index contributed by atoms with van der Waals surface area (Å²) < 4.78 is 18.2. The maximum absolute atomic E-state index is 12.6. The Bertz CT molecular complexity index is 1320. The highest BCUT2D eigenvalue weighted by Gasteiger charge is 2.11. The molecule has 0 saturated carbocycles. The van der Waals surface area contributed by atoms with Gasteiger partial charge in [-0.25, -0.2) is 14.4 Å². The van der Waals surface area contributed by atoms with E-state index in [0.717, 1.165) is 50.4 Å². The lowest BCUT2D eigenvalue weighted by atomic mass is 10.1. The number of aromatic nitrogens is 4. The smallest absolute Gasteiger partial charge is 0.113 e. The summed E-state index contributed by atoms with van der Waals surface area (Å²) in [5.41, 5.74) is 8.18. The lowest BCUT2D eigenvalue weighted by Crippen LogP contribution is -2.02. The molecule has 8 bridgehead atoms. The zero-order valence-corrected chi connectivity index (χ0v) is 16.5. The SMILES string of the molecule is CC(OCCF)c1cc2cc3ccc(cc4nc(cc5nc(cc1[nH]2)C=C5)C=C4)[nH]3. The standard InChI is InChI=1S/C24H21FN4O/c1-15(30-9-8-25)23-13-22-12-20-5-4-18(27-20)10-16-2-3-17(26-16)11-19-6-7-21(28-19)14-24(23)29-22/h2-7,10-15,27,29H,8-9H2,1H3. The number of nitrogens with zero attached hydrogens (tertiary/aromatic N) is 2. The van der Waals surface area contributed by atoms with Gasteiger partial charge in [0.1, 0.15) is 6.67 Å². The molecule has 1 unspecified atom stereocenters. The first-order valence-corrected chi connectivity index (χ1v) is 9.92. The van der Waals surface area contributed by atoms with Gasteiger partial charge in [-0.2, -0.15) is 0 Å². The van der Waals surface area contributed by atoms with E-state index in [2.05, 4.69) is 19.9 Å². The van der Waals surface area contributed by atoms with Crippen LogP contribution in [0, 0.1) is 0 Å². The Morgan fingerprint density at radius 2 is 1.43 bits per heavy atom.